The zero-order chi connectivity index (χ0) is 25.3. The third-order valence-corrected chi connectivity index (χ3v) is 5.83. The van der Waals surface area contributed by atoms with Gasteiger partial charge in [0.2, 0.25) is 17.7 Å². The lowest BCUT2D eigenvalue weighted by atomic mass is 10.0. The zero-order valence-electron chi connectivity index (χ0n) is 19.0. The molecular formula is C22H31N5O6S. The second-order valence-electron chi connectivity index (χ2n) is 7.85. The van der Waals surface area contributed by atoms with Crippen LogP contribution in [-0.4, -0.2) is 81.7 Å². The summed E-state index contributed by atoms with van der Waals surface area (Å²) in [5.74, 6) is -2.71. The molecule has 0 radical (unpaired) electrons. The molecule has 2 aromatic rings. The Labute approximate surface area is 201 Å². The minimum atomic E-state index is -1.50. The molecule has 1 aromatic carbocycles. The van der Waals surface area contributed by atoms with Crippen LogP contribution in [0.2, 0.25) is 0 Å². The number of amides is 3. The molecule has 0 fully saturated rings. The Kier molecular flexibility index (Phi) is 10.4. The first-order valence-electron chi connectivity index (χ1n) is 10.7. The van der Waals surface area contributed by atoms with E-state index in [1.807, 2.05) is 30.5 Å². The van der Waals surface area contributed by atoms with Crippen LogP contribution in [0.5, 0.6) is 0 Å². The molecule has 1 aromatic heterocycles. The maximum Gasteiger partial charge on any atom is 0.328 e. The number of carbonyl (C=O) groups excluding carboxylic acids is 3. The number of benzene rings is 1. The fraction of sp³-hybridized carbons (Fsp3) is 0.455. The summed E-state index contributed by atoms with van der Waals surface area (Å²) < 4.78 is 0. The van der Waals surface area contributed by atoms with Crippen LogP contribution in [0.3, 0.4) is 0 Å². The van der Waals surface area contributed by atoms with E-state index in [1.165, 1.54) is 18.7 Å². The molecule has 0 aliphatic heterocycles. The van der Waals surface area contributed by atoms with Crippen LogP contribution in [0.25, 0.3) is 10.9 Å². The van der Waals surface area contributed by atoms with Crippen molar-refractivity contribution in [2.45, 2.75) is 44.0 Å². The SMILES string of the molecule is CSCCC(NC(=O)C(N)Cc1c[nH]c2ccccc12)C(=O)NCC(=O)NC(C(=O)O)C(C)O. The average molecular weight is 494 g/mol. The molecule has 8 N–H and O–H groups in total. The van der Waals surface area contributed by atoms with E-state index in [0.29, 0.717) is 12.2 Å². The van der Waals surface area contributed by atoms with E-state index in [9.17, 15) is 24.3 Å². The largest absolute Gasteiger partial charge is 0.480 e. The molecule has 1 heterocycles. The molecule has 0 aliphatic carbocycles. The van der Waals surface area contributed by atoms with Gasteiger partial charge in [-0.05, 0) is 43.4 Å². The summed E-state index contributed by atoms with van der Waals surface area (Å²) in [7, 11) is 0. The summed E-state index contributed by atoms with van der Waals surface area (Å²) >= 11 is 1.49. The fourth-order valence-electron chi connectivity index (χ4n) is 3.32. The van der Waals surface area contributed by atoms with Crippen LogP contribution in [-0.2, 0) is 25.6 Å². The lowest BCUT2D eigenvalue weighted by Gasteiger charge is -2.21. The topological polar surface area (TPSA) is 187 Å². The third-order valence-electron chi connectivity index (χ3n) is 5.18. The highest BCUT2D eigenvalue weighted by Gasteiger charge is 2.27. The number of carbonyl (C=O) groups is 4. The summed E-state index contributed by atoms with van der Waals surface area (Å²) in [5, 5.41) is 26.6. The van der Waals surface area contributed by atoms with Gasteiger partial charge in [0.1, 0.15) is 6.04 Å². The number of fused-ring (bicyclic) bond motifs is 1. The van der Waals surface area contributed by atoms with E-state index in [4.69, 9.17) is 10.8 Å². The van der Waals surface area contributed by atoms with Crippen LogP contribution in [0.15, 0.2) is 30.5 Å². The maximum absolute atomic E-state index is 12.7. The Balaban J connectivity index is 1.95. The maximum atomic E-state index is 12.7. The Morgan fingerprint density at radius 1 is 1.15 bits per heavy atom. The molecule has 0 saturated heterocycles. The number of hydrogen-bond donors (Lipinski definition) is 7. The van der Waals surface area contributed by atoms with E-state index >= 15 is 0 Å². The van der Waals surface area contributed by atoms with E-state index in [-0.39, 0.29) is 6.42 Å². The standard InChI is InChI=1S/C22H31N5O6S/c1-12(28)19(22(32)33)27-18(29)11-25-21(31)17(7-8-34-2)26-20(30)15(23)9-13-10-24-16-6-4-3-5-14(13)16/h3-6,10,12,15,17,19,24,28H,7-9,11,23H2,1-2H3,(H,25,31)(H,26,30)(H,27,29)(H,32,33). The molecule has 11 nitrogen and oxygen atoms in total. The lowest BCUT2D eigenvalue weighted by Crippen LogP contribution is -2.54. The van der Waals surface area contributed by atoms with E-state index in [1.54, 1.807) is 6.20 Å². The molecule has 0 aliphatic rings. The van der Waals surface area contributed by atoms with Gasteiger partial charge in [0, 0.05) is 17.1 Å². The number of nitrogens with two attached hydrogens (primary N) is 1. The Bertz CT molecular complexity index is 1010. The predicted molar refractivity (Wildman–Crippen MR) is 129 cm³/mol. The summed E-state index contributed by atoms with van der Waals surface area (Å²) in [6.07, 6.45) is 2.92. The number of aliphatic hydroxyl groups is 1. The van der Waals surface area contributed by atoms with Crippen LogP contribution in [0.4, 0.5) is 0 Å². The molecular weight excluding hydrogens is 462 g/mol. The van der Waals surface area contributed by atoms with Gasteiger partial charge in [-0.3, -0.25) is 14.4 Å². The van der Waals surface area contributed by atoms with E-state index < -0.39 is 54.5 Å². The van der Waals surface area contributed by atoms with E-state index in [0.717, 1.165) is 16.5 Å². The summed E-state index contributed by atoms with van der Waals surface area (Å²) in [6, 6.07) is 4.32. The summed E-state index contributed by atoms with van der Waals surface area (Å²) in [6.45, 7) is 0.716. The smallest absolute Gasteiger partial charge is 0.328 e. The van der Waals surface area contributed by atoms with Crippen molar-refractivity contribution >= 4 is 46.4 Å². The first-order valence-corrected chi connectivity index (χ1v) is 12.1. The van der Waals surface area contributed by atoms with Crippen LogP contribution < -0.4 is 21.7 Å². The number of H-pyrrole nitrogens is 1. The monoisotopic (exact) mass is 493 g/mol. The van der Waals surface area contributed by atoms with Crippen molar-refractivity contribution in [3.63, 3.8) is 0 Å². The Morgan fingerprint density at radius 3 is 2.50 bits per heavy atom. The van der Waals surface area contributed by atoms with Crippen LogP contribution >= 0.6 is 11.8 Å². The van der Waals surface area contributed by atoms with Gasteiger partial charge in [0.15, 0.2) is 6.04 Å². The van der Waals surface area contributed by atoms with Crippen molar-refractivity contribution in [1.29, 1.82) is 0 Å². The highest BCUT2D eigenvalue weighted by Crippen LogP contribution is 2.18. The van der Waals surface area contributed by atoms with Gasteiger partial charge in [0.25, 0.3) is 0 Å². The van der Waals surface area contributed by atoms with Gasteiger partial charge in [-0.1, -0.05) is 18.2 Å². The summed E-state index contributed by atoms with van der Waals surface area (Å²) in [4.78, 5) is 51.6. The van der Waals surface area contributed by atoms with Gasteiger partial charge in [0.05, 0.1) is 18.7 Å². The highest BCUT2D eigenvalue weighted by atomic mass is 32.2. The van der Waals surface area contributed by atoms with Gasteiger partial charge >= 0.3 is 5.97 Å². The number of aromatic nitrogens is 1. The average Bonchev–Trinajstić information content (AvgIpc) is 3.20. The normalized spacial score (nSPS) is 14.6. The van der Waals surface area contributed by atoms with Gasteiger partial charge in [-0.25, -0.2) is 4.79 Å². The molecule has 12 heteroatoms. The molecule has 4 atom stereocenters. The quantitative estimate of drug-likeness (QED) is 0.192. The Morgan fingerprint density at radius 2 is 1.85 bits per heavy atom. The lowest BCUT2D eigenvalue weighted by molar-refractivity contribution is -0.144. The van der Waals surface area contributed by atoms with Crippen molar-refractivity contribution in [2.75, 3.05) is 18.6 Å². The molecule has 2 rings (SSSR count). The highest BCUT2D eigenvalue weighted by molar-refractivity contribution is 7.98. The van der Waals surface area contributed by atoms with Crippen LogP contribution in [0.1, 0.15) is 18.9 Å². The minimum absolute atomic E-state index is 0.269. The number of thioether (sulfide) groups is 1. The number of aromatic amines is 1. The van der Waals surface area contributed by atoms with Crippen LogP contribution in [0, 0.1) is 0 Å². The zero-order valence-corrected chi connectivity index (χ0v) is 19.9. The van der Waals surface area contributed by atoms with Crippen molar-refractivity contribution in [2.24, 2.45) is 5.73 Å². The second kappa shape index (κ2) is 13.0. The van der Waals surface area contributed by atoms with E-state index in [2.05, 4.69) is 20.9 Å². The number of aliphatic hydroxyl groups excluding tert-OH is 1. The predicted octanol–water partition coefficient (Wildman–Crippen LogP) is -0.658. The number of carboxylic acid groups (broad SMARTS) is 1. The number of aliphatic carboxylic acids is 1. The van der Waals surface area contributed by atoms with Crippen molar-refractivity contribution < 1.29 is 29.4 Å². The van der Waals surface area contributed by atoms with Gasteiger partial charge in [-0.2, -0.15) is 11.8 Å². The summed E-state index contributed by atoms with van der Waals surface area (Å²) in [5.41, 5.74) is 7.92. The number of carboxylic acids is 1. The number of para-hydroxylation sites is 1. The number of rotatable bonds is 13. The minimum Gasteiger partial charge on any atom is -0.480 e. The molecule has 4 unspecified atom stereocenters. The first kappa shape index (κ1) is 27.2. The molecule has 0 bridgehead atoms. The van der Waals surface area contributed by atoms with Gasteiger partial charge in [-0.15, -0.1) is 0 Å². The molecule has 3 amide bonds. The molecule has 186 valence electrons. The Hall–Kier alpha value is -3.09. The molecule has 34 heavy (non-hydrogen) atoms. The first-order chi connectivity index (χ1) is 16.1. The van der Waals surface area contributed by atoms with Crippen molar-refractivity contribution in [3.8, 4) is 0 Å². The molecule has 0 spiro atoms. The van der Waals surface area contributed by atoms with Crippen molar-refractivity contribution in [3.05, 3.63) is 36.0 Å². The van der Waals surface area contributed by atoms with Gasteiger partial charge < -0.3 is 36.9 Å². The van der Waals surface area contributed by atoms with Crippen molar-refractivity contribution in [1.82, 2.24) is 20.9 Å². The third kappa shape index (κ3) is 7.75. The second-order valence-corrected chi connectivity index (χ2v) is 8.84. The fourth-order valence-corrected chi connectivity index (χ4v) is 3.79. The molecule has 0 saturated carbocycles. The number of nitrogens with one attached hydrogen (secondary N) is 4. The number of hydrogen-bond acceptors (Lipinski definition) is 7.